The molecule has 2 atom stereocenters. The highest BCUT2D eigenvalue weighted by Crippen LogP contribution is 2.31. The van der Waals surface area contributed by atoms with Crippen molar-refractivity contribution >= 4 is 12.1 Å². The summed E-state index contributed by atoms with van der Waals surface area (Å²) in [5.74, 6) is -0.396. The number of aryl methyl sites for hydroxylation is 1. The van der Waals surface area contributed by atoms with Gasteiger partial charge in [0, 0.05) is 20.6 Å². The normalized spacial score (nSPS) is 19.8. The molecule has 180 valence electrons. The van der Waals surface area contributed by atoms with Crippen molar-refractivity contribution in [2.45, 2.75) is 51.2 Å². The summed E-state index contributed by atoms with van der Waals surface area (Å²) in [5, 5.41) is 27.1. The van der Waals surface area contributed by atoms with E-state index in [2.05, 4.69) is 15.3 Å². The van der Waals surface area contributed by atoms with Crippen LogP contribution in [-0.4, -0.2) is 61.7 Å². The molecule has 2 aliphatic rings. The second-order valence-electron chi connectivity index (χ2n) is 8.98. The number of carboxylic acids is 1. The van der Waals surface area contributed by atoms with E-state index in [0.717, 1.165) is 25.7 Å². The van der Waals surface area contributed by atoms with Crippen LogP contribution in [0.15, 0.2) is 12.1 Å². The van der Waals surface area contributed by atoms with Crippen LogP contribution in [0.4, 0.5) is 4.79 Å². The molecule has 2 aromatic rings. The van der Waals surface area contributed by atoms with E-state index in [-0.39, 0.29) is 18.4 Å². The van der Waals surface area contributed by atoms with Crippen molar-refractivity contribution in [1.29, 1.82) is 5.26 Å². The molecule has 0 aromatic carbocycles. The summed E-state index contributed by atoms with van der Waals surface area (Å²) < 4.78 is 12.9. The average molecular weight is 469 g/mol. The van der Waals surface area contributed by atoms with Gasteiger partial charge in [-0.1, -0.05) is 5.21 Å². The van der Waals surface area contributed by atoms with Gasteiger partial charge in [-0.05, 0) is 56.6 Å². The Morgan fingerprint density at radius 3 is 2.79 bits per heavy atom. The highest BCUT2D eigenvalue weighted by molar-refractivity contribution is 5.70. The number of pyridine rings is 1. The molecule has 0 radical (unpaired) electrons. The minimum Gasteiger partial charge on any atom is -0.487 e. The third-order valence-electron chi connectivity index (χ3n) is 6.29. The molecule has 11 nitrogen and oxygen atoms in total. The van der Waals surface area contributed by atoms with Crippen molar-refractivity contribution < 1.29 is 24.2 Å². The van der Waals surface area contributed by atoms with E-state index in [1.807, 2.05) is 6.07 Å². The molecule has 2 fully saturated rings. The lowest BCUT2D eigenvalue weighted by Gasteiger charge is -2.27. The highest BCUT2D eigenvalue weighted by Gasteiger charge is 2.29. The Balaban J connectivity index is 1.46. The zero-order chi connectivity index (χ0) is 24.2. The summed E-state index contributed by atoms with van der Waals surface area (Å²) in [6, 6.07) is 5.35. The molecule has 2 aliphatic carbocycles. The predicted octanol–water partition coefficient (Wildman–Crippen LogP) is 2.75. The van der Waals surface area contributed by atoms with Crippen LogP contribution < -0.4 is 4.74 Å². The molecular weight excluding hydrogens is 440 g/mol. The van der Waals surface area contributed by atoms with Gasteiger partial charge < -0.3 is 19.5 Å². The quantitative estimate of drug-likeness (QED) is 0.618. The first-order chi connectivity index (χ1) is 16.4. The number of nitrogens with zero attached hydrogens (tertiary/aromatic N) is 6. The van der Waals surface area contributed by atoms with Gasteiger partial charge >= 0.3 is 12.1 Å². The number of hydrogen-bond acceptors (Lipinski definition) is 8. The molecule has 0 bridgehead atoms. The van der Waals surface area contributed by atoms with Crippen LogP contribution in [0.1, 0.15) is 49.9 Å². The lowest BCUT2D eigenvalue weighted by molar-refractivity contribution is -0.143. The van der Waals surface area contributed by atoms with Crippen LogP contribution in [0.25, 0.3) is 11.4 Å². The second kappa shape index (κ2) is 10.1. The maximum Gasteiger partial charge on any atom is 0.409 e. The van der Waals surface area contributed by atoms with E-state index < -0.39 is 18.0 Å². The third kappa shape index (κ3) is 5.44. The Labute approximate surface area is 197 Å². The van der Waals surface area contributed by atoms with Crippen molar-refractivity contribution in [3.05, 3.63) is 23.5 Å². The molecular formula is C23H28N6O5. The smallest absolute Gasteiger partial charge is 0.409 e. The first kappa shape index (κ1) is 23.5. The van der Waals surface area contributed by atoms with Gasteiger partial charge in [0.2, 0.25) is 0 Å². The molecule has 1 amide bonds. The lowest BCUT2D eigenvalue weighted by Crippen LogP contribution is -2.29. The van der Waals surface area contributed by atoms with Gasteiger partial charge in [0.25, 0.3) is 0 Å². The number of carbonyl (C=O) groups excluding carboxylic acids is 1. The van der Waals surface area contributed by atoms with Crippen LogP contribution in [0, 0.1) is 23.2 Å². The predicted molar refractivity (Wildman–Crippen MR) is 118 cm³/mol. The molecule has 4 rings (SSSR count). The summed E-state index contributed by atoms with van der Waals surface area (Å²) in [4.78, 5) is 29.6. The van der Waals surface area contributed by atoms with Crippen LogP contribution in [-0.2, 0) is 23.2 Å². The number of aromatic nitrogens is 4. The molecule has 2 heterocycles. The number of nitriles is 1. The third-order valence-corrected chi connectivity index (χ3v) is 6.29. The van der Waals surface area contributed by atoms with Gasteiger partial charge in [-0.3, -0.25) is 4.79 Å². The monoisotopic (exact) mass is 468 g/mol. The number of aliphatic carboxylic acids is 1. The number of hydrogen-bond donors (Lipinski definition) is 1. The number of carbonyl (C=O) groups is 2. The topological polar surface area (TPSA) is 143 Å². The zero-order valence-corrected chi connectivity index (χ0v) is 19.3. The number of carboxylic acid groups (broad SMARTS) is 1. The maximum absolute atomic E-state index is 12.3. The van der Waals surface area contributed by atoms with Crippen molar-refractivity contribution in [2.75, 3.05) is 13.6 Å². The van der Waals surface area contributed by atoms with Crippen LogP contribution in [0.2, 0.25) is 0 Å². The number of amides is 1. The van der Waals surface area contributed by atoms with Crippen molar-refractivity contribution in [3.8, 4) is 23.2 Å². The minimum atomic E-state index is -0.822. The molecule has 0 saturated heterocycles. The number of rotatable bonds is 8. The van der Waals surface area contributed by atoms with Gasteiger partial charge in [-0.25, -0.2) is 14.5 Å². The van der Waals surface area contributed by atoms with E-state index in [9.17, 15) is 20.0 Å². The van der Waals surface area contributed by atoms with Crippen molar-refractivity contribution in [2.24, 2.45) is 18.9 Å². The summed E-state index contributed by atoms with van der Waals surface area (Å²) in [5.41, 5.74) is 1.44. The fraction of sp³-hybridized carbons (Fsp3) is 0.565. The Morgan fingerprint density at radius 2 is 2.09 bits per heavy atom. The van der Waals surface area contributed by atoms with Gasteiger partial charge in [0.1, 0.15) is 24.1 Å². The van der Waals surface area contributed by atoms with Gasteiger partial charge in [0.15, 0.2) is 11.4 Å². The van der Waals surface area contributed by atoms with Crippen LogP contribution in [0.5, 0.6) is 5.75 Å². The average Bonchev–Trinajstić information content (AvgIpc) is 3.57. The molecule has 2 aromatic heterocycles. The molecule has 2 saturated carbocycles. The Morgan fingerprint density at radius 1 is 1.29 bits per heavy atom. The van der Waals surface area contributed by atoms with Crippen LogP contribution in [0.3, 0.4) is 0 Å². The van der Waals surface area contributed by atoms with Crippen LogP contribution >= 0.6 is 0 Å². The van der Waals surface area contributed by atoms with Crippen molar-refractivity contribution in [1.82, 2.24) is 24.9 Å². The Hall–Kier alpha value is -3.68. The molecule has 0 spiro atoms. The van der Waals surface area contributed by atoms with E-state index >= 15 is 0 Å². The molecule has 34 heavy (non-hydrogen) atoms. The maximum atomic E-state index is 12.3. The standard InChI is InChI=1S/C23H28N6O5/c1-28(12-14-6-7-14)23(32)33-13-19-21(26-27-29(19)2)17-8-9-20(18(11-24)25-17)34-16-5-3-4-15(10-16)22(30)31/h8-9,14-16H,3-7,10,12-13H2,1-2H3,(H,30,31)/t15-,16-/m0/s1. The SMILES string of the molecule is CN(CC1CC1)C(=O)OCc1c(-c2ccc(O[C@H]3CCC[C@H](C(=O)O)C3)c(C#N)n2)nnn1C. The molecule has 11 heteroatoms. The Bertz CT molecular complexity index is 1110. The highest BCUT2D eigenvalue weighted by atomic mass is 16.6. The summed E-state index contributed by atoms with van der Waals surface area (Å²) in [6.07, 6.45) is 4.10. The molecule has 0 aliphatic heterocycles. The van der Waals surface area contributed by atoms with E-state index in [0.29, 0.717) is 48.1 Å². The summed E-state index contributed by atoms with van der Waals surface area (Å²) in [6.45, 7) is 0.644. The van der Waals surface area contributed by atoms with E-state index in [4.69, 9.17) is 9.47 Å². The Kier molecular flexibility index (Phi) is 6.95. The first-order valence-electron chi connectivity index (χ1n) is 11.4. The van der Waals surface area contributed by atoms with Gasteiger partial charge in [0.05, 0.1) is 17.7 Å². The van der Waals surface area contributed by atoms with Gasteiger partial charge in [-0.15, -0.1) is 5.10 Å². The lowest BCUT2D eigenvalue weighted by atomic mass is 9.87. The molecule has 1 N–H and O–H groups in total. The van der Waals surface area contributed by atoms with E-state index in [1.54, 1.807) is 31.1 Å². The second-order valence-corrected chi connectivity index (χ2v) is 8.98. The zero-order valence-electron chi connectivity index (χ0n) is 19.3. The summed E-state index contributed by atoms with van der Waals surface area (Å²) in [7, 11) is 3.41. The fourth-order valence-electron chi connectivity index (χ4n) is 4.15. The summed E-state index contributed by atoms with van der Waals surface area (Å²) >= 11 is 0. The number of ether oxygens (including phenoxy) is 2. The first-order valence-corrected chi connectivity index (χ1v) is 11.4. The molecule has 0 unspecified atom stereocenters. The largest absolute Gasteiger partial charge is 0.487 e. The fourth-order valence-corrected chi connectivity index (χ4v) is 4.15. The minimum absolute atomic E-state index is 0.0346. The van der Waals surface area contributed by atoms with E-state index in [1.165, 1.54) is 4.68 Å². The van der Waals surface area contributed by atoms with Crippen molar-refractivity contribution in [3.63, 3.8) is 0 Å². The van der Waals surface area contributed by atoms with Gasteiger partial charge in [-0.2, -0.15) is 5.26 Å².